The van der Waals surface area contributed by atoms with Crippen LogP contribution in [-0.2, 0) is 0 Å². The highest BCUT2D eigenvalue weighted by molar-refractivity contribution is 5.97. The lowest BCUT2D eigenvalue weighted by molar-refractivity contribution is 0.0969. The number of carbonyl (C=O) groups is 1. The largest absolute Gasteiger partial charge is 0.294 e. The summed E-state index contributed by atoms with van der Waals surface area (Å²) in [6.07, 6.45) is 8.60. The van der Waals surface area contributed by atoms with Gasteiger partial charge in [0.2, 0.25) is 0 Å². The van der Waals surface area contributed by atoms with E-state index in [9.17, 15) is 4.79 Å². The third kappa shape index (κ3) is 3.44. The zero-order chi connectivity index (χ0) is 13.0. The molecule has 1 aliphatic carbocycles. The Labute approximate surface area is 111 Å². The minimum Gasteiger partial charge on any atom is -0.294 e. The summed E-state index contributed by atoms with van der Waals surface area (Å²) in [4.78, 5) is 12.3. The number of carbonyl (C=O) groups excluding carboxylic acids is 1. The minimum atomic E-state index is 0.335. The molecule has 1 saturated carbocycles. The molecule has 1 aliphatic rings. The van der Waals surface area contributed by atoms with Crippen LogP contribution in [0.4, 0.5) is 0 Å². The first-order valence-corrected chi connectivity index (χ1v) is 7.27. The Balaban J connectivity index is 1.92. The Morgan fingerprint density at radius 1 is 1.17 bits per heavy atom. The van der Waals surface area contributed by atoms with Gasteiger partial charge in [0, 0.05) is 12.0 Å². The molecule has 1 aromatic rings. The molecule has 98 valence electrons. The van der Waals surface area contributed by atoms with E-state index in [1.54, 1.807) is 0 Å². The van der Waals surface area contributed by atoms with Crippen LogP contribution in [0.1, 0.15) is 66.4 Å². The zero-order valence-electron chi connectivity index (χ0n) is 11.7. The highest BCUT2D eigenvalue weighted by atomic mass is 16.1. The molecule has 0 atom stereocenters. The average Bonchev–Trinajstić information content (AvgIpc) is 2.40. The highest BCUT2D eigenvalue weighted by Gasteiger charge is 2.16. The summed E-state index contributed by atoms with van der Waals surface area (Å²) in [7, 11) is 0. The monoisotopic (exact) mass is 244 g/mol. The maximum Gasteiger partial charge on any atom is 0.163 e. The van der Waals surface area contributed by atoms with Crippen LogP contribution in [0.5, 0.6) is 0 Å². The molecule has 0 radical (unpaired) electrons. The molecule has 0 amide bonds. The molecule has 0 heterocycles. The van der Waals surface area contributed by atoms with Crippen LogP contribution in [0, 0.1) is 19.8 Å². The molecule has 1 heteroatoms. The number of benzene rings is 1. The van der Waals surface area contributed by atoms with Gasteiger partial charge in [0.25, 0.3) is 0 Å². The van der Waals surface area contributed by atoms with Crippen molar-refractivity contribution in [2.45, 2.75) is 58.8 Å². The van der Waals surface area contributed by atoms with Crippen molar-refractivity contribution in [3.63, 3.8) is 0 Å². The van der Waals surface area contributed by atoms with Gasteiger partial charge in [-0.2, -0.15) is 0 Å². The van der Waals surface area contributed by atoms with E-state index in [1.165, 1.54) is 37.7 Å². The Hall–Kier alpha value is -1.11. The van der Waals surface area contributed by atoms with Crippen LogP contribution in [0.2, 0.25) is 0 Å². The van der Waals surface area contributed by atoms with Crippen molar-refractivity contribution in [3.8, 4) is 0 Å². The smallest absolute Gasteiger partial charge is 0.163 e. The van der Waals surface area contributed by atoms with E-state index in [2.05, 4.69) is 19.1 Å². The molecule has 18 heavy (non-hydrogen) atoms. The fraction of sp³-hybridized carbons (Fsp3) is 0.588. The lowest BCUT2D eigenvalue weighted by Crippen LogP contribution is -2.10. The van der Waals surface area contributed by atoms with Crippen LogP contribution in [0.15, 0.2) is 18.2 Å². The Morgan fingerprint density at radius 3 is 2.61 bits per heavy atom. The average molecular weight is 244 g/mol. The lowest BCUT2D eigenvalue weighted by atomic mass is 9.85. The number of aryl methyl sites for hydroxylation is 2. The van der Waals surface area contributed by atoms with Crippen LogP contribution in [0.3, 0.4) is 0 Å². The van der Waals surface area contributed by atoms with Crippen LogP contribution >= 0.6 is 0 Å². The van der Waals surface area contributed by atoms with Crippen molar-refractivity contribution in [1.82, 2.24) is 0 Å². The summed E-state index contributed by atoms with van der Waals surface area (Å²) < 4.78 is 0. The minimum absolute atomic E-state index is 0.335. The molecule has 1 fully saturated rings. The maximum absolute atomic E-state index is 12.3. The molecule has 1 nitrogen and oxygen atoms in total. The van der Waals surface area contributed by atoms with E-state index in [4.69, 9.17) is 0 Å². The van der Waals surface area contributed by atoms with Gasteiger partial charge in [0.1, 0.15) is 0 Å². The fourth-order valence-corrected chi connectivity index (χ4v) is 2.98. The Morgan fingerprint density at radius 2 is 1.89 bits per heavy atom. The number of hydrogen-bond donors (Lipinski definition) is 0. The van der Waals surface area contributed by atoms with Crippen molar-refractivity contribution in [2.75, 3.05) is 0 Å². The summed E-state index contributed by atoms with van der Waals surface area (Å²) >= 11 is 0. The van der Waals surface area contributed by atoms with Crippen LogP contribution in [0.25, 0.3) is 0 Å². The number of Topliss-reactive ketones (excluding diaryl/α,β-unsaturated/α-hetero) is 1. The van der Waals surface area contributed by atoms with E-state index in [-0.39, 0.29) is 0 Å². The summed E-state index contributed by atoms with van der Waals surface area (Å²) in [6.45, 7) is 4.09. The summed E-state index contributed by atoms with van der Waals surface area (Å²) in [5.74, 6) is 1.13. The van der Waals surface area contributed by atoms with Crippen molar-refractivity contribution >= 4 is 5.78 Å². The van der Waals surface area contributed by atoms with Gasteiger partial charge in [0.05, 0.1) is 0 Å². The van der Waals surface area contributed by atoms with Gasteiger partial charge in [-0.05, 0) is 37.8 Å². The highest BCUT2D eigenvalue weighted by Crippen LogP contribution is 2.28. The van der Waals surface area contributed by atoms with Gasteiger partial charge in [-0.3, -0.25) is 4.79 Å². The number of hydrogen-bond acceptors (Lipinski definition) is 1. The standard InChI is InChI=1S/C17H24O/c1-13-8-9-14(2)16(12-13)17(18)11-10-15-6-4-3-5-7-15/h8-9,12,15H,3-7,10-11H2,1-2H3. The van der Waals surface area contributed by atoms with Gasteiger partial charge in [-0.1, -0.05) is 49.8 Å². The van der Waals surface area contributed by atoms with Gasteiger partial charge >= 0.3 is 0 Å². The predicted octanol–water partition coefficient (Wildman–Crippen LogP) is 4.85. The summed E-state index contributed by atoms with van der Waals surface area (Å²) in [5.41, 5.74) is 3.24. The molecule has 0 aliphatic heterocycles. The van der Waals surface area contributed by atoms with E-state index in [0.717, 1.165) is 29.9 Å². The predicted molar refractivity (Wildman–Crippen MR) is 76.1 cm³/mol. The molecule has 0 unspecified atom stereocenters. The van der Waals surface area contributed by atoms with Gasteiger partial charge in [0.15, 0.2) is 5.78 Å². The second-order valence-corrected chi connectivity index (χ2v) is 5.78. The fourth-order valence-electron chi connectivity index (χ4n) is 2.98. The van der Waals surface area contributed by atoms with E-state index in [0.29, 0.717) is 5.78 Å². The summed E-state index contributed by atoms with van der Waals surface area (Å²) in [6, 6.07) is 6.18. The third-order valence-corrected chi connectivity index (χ3v) is 4.20. The molecule has 0 aromatic heterocycles. The van der Waals surface area contributed by atoms with E-state index >= 15 is 0 Å². The number of rotatable bonds is 4. The second-order valence-electron chi connectivity index (χ2n) is 5.78. The van der Waals surface area contributed by atoms with Crippen molar-refractivity contribution in [2.24, 2.45) is 5.92 Å². The van der Waals surface area contributed by atoms with Crippen molar-refractivity contribution in [3.05, 3.63) is 34.9 Å². The quantitative estimate of drug-likeness (QED) is 0.692. The number of ketones is 1. The first-order valence-electron chi connectivity index (χ1n) is 7.27. The first-order chi connectivity index (χ1) is 8.66. The Kier molecular flexibility index (Phi) is 4.57. The van der Waals surface area contributed by atoms with Crippen molar-refractivity contribution < 1.29 is 4.79 Å². The Bertz CT molecular complexity index is 414. The molecular weight excluding hydrogens is 220 g/mol. The molecule has 2 rings (SSSR count). The SMILES string of the molecule is Cc1ccc(C)c(C(=O)CCC2CCCCC2)c1. The molecule has 0 bridgehead atoms. The normalized spacial score (nSPS) is 16.8. The third-order valence-electron chi connectivity index (χ3n) is 4.20. The molecule has 1 aromatic carbocycles. The summed E-state index contributed by atoms with van der Waals surface area (Å²) in [5, 5.41) is 0. The maximum atomic E-state index is 12.3. The van der Waals surface area contributed by atoms with E-state index in [1.807, 2.05) is 13.0 Å². The first kappa shape index (κ1) is 13.3. The molecular formula is C17H24O. The molecule has 0 saturated heterocycles. The molecule has 0 spiro atoms. The molecule has 0 N–H and O–H groups in total. The van der Waals surface area contributed by atoms with Gasteiger partial charge in [-0.15, -0.1) is 0 Å². The van der Waals surface area contributed by atoms with Crippen molar-refractivity contribution in [1.29, 1.82) is 0 Å². The van der Waals surface area contributed by atoms with Crippen LogP contribution < -0.4 is 0 Å². The van der Waals surface area contributed by atoms with Crippen LogP contribution in [-0.4, -0.2) is 5.78 Å². The lowest BCUT2D eigenvalue weighted by Gasteiger charge is -2.21. The van der Waals surface area contributed by atoms with Gasteiger partial charge < -0.3 is 0 Å². The zero-order valence-corrected chi connectivity index (χ0v) is 11.7. The second kappa shape index (κ2) is 6.17. The van der Waals surface area contributed by atoms with E-state index < -0.39 is 0 Å². The topological polar surface area (TPSA) is 17.1 Å². The van der Waals surface area contributed by atoms with Gasteiger partial charge in [-0.25, -0.2) is 0 Å².